The van der Waals surface area contributed by atoms with Crippen LogP contribution in [0.4, 0.5) is 0 Å². The van der Waals surface area contributed by atoms with Gasteiger partial charge in [-0.3, -0.25) is 0 Å². The van der Waals surface area contributed by atoms with Crippen LogP contribution in [-0.4, -0.2) is 22.3 Å². The Balaban J connectivity index is 0.000000184. The lowest BCUT2D eigenvalue weighted by molar-refractivity contribution is 0.425. The summed E-state index contributed by atoms with van der Waals surface area (Å²) in [5, 5.41) is 26.3. The van der Waals surface area contributed by atoms with Gasteiger partial charge >= 0.3 is 7.12 Å². The van der Waals surface area contributed by atoms with E-state index in [0.717, 1.165) is 10.0 Å². The minimum absolute atomic E-state index is 0.299. The van der Waals surface area contributed by atoms with E-state index in [-0.39, 0.29) is 0 Å². The molecule has 0 aliphatic carbocycles. The minimum atomic E-state index is -1.35. The third-order valence-corrected chi connectivity index (χ3v) is 2.82. The monoisotopic (exact) mass is 308 g/mol. The molecular weight excluding hydrogens is 295 g/mol. The third kappa shape index (κ3) is 4.92. The number of hydrogen-bond acceptors (Lipinski definition) is 3. The van der Waals surface area contributed by atoms with Gasteiger partial charge in [-0.2, -0.15) is 0 Å². The molecule has 0 unspecified atom stereocenters. The molecule has 2 aromatic rings. The average Bonchev–Trinajstić information content (AvgIpc) is 2.34. The number of rotatable bonds is 1. The van der Waals surface area contributed by atoms with Crippen molar-refractivity contribution in [3.8, 4) is 5.75 Å². The summed E-state index contributed by atoms with van der Waals surface area (Å²) < 4.78 is 0.982. The van der Waals surface area contributed by atoms with E-state index in [1.807, 2.05) is 19.1 Å². The molecule has 0 aromatic heterocycles. The number of benzene rings is 2. The normalized spacial score (nSPS) is 9.33. The summed E-state index contributed by atoms with van der Waals surface area (Å²) in [6.45, 7) is 1.84. The number of aromatic hydroxyl groups is 1. The molecule has 2 aromatic carbocycles. The summed E-state index contributed by atoms with van der Waals surface area (Å²) >= 11 is 3.23. The van der Waals surface area contributed by atoms with Crippen LogP contribution in [-0.2, 0) is 0 Å². The second-order valence-electron chi connectivity index (χ2n) is 3.71. The molecule has 0 saturated carbocycles. The van der Waals surface area contributed by atoms with Crippen molar-refractivity contribution in [1.82, 2.24) is 0 Å². The molecular formula is C13H14BBrO3. The van der Waals surface area contributed by atoms with E-state index in [1.54, 1.807) is 36.4 Å². The first-order valence-corrected chi connectivity index (χ1v) is 6.16. The molecule has 0 heterocycles. The molecule has 18 heavy (non-hydrogen) atoms. The second-order valence-corrected chi connectivity index (χ2v) is 4.62. The number of aryl methyl sites for hydroxylation is 1. The third-order valence-electron chi connectivity index (χ3n) is 2.29. The fraction of sp³-hybridized carbons (Fsp3) is 0.0769. The van der Waals surface area contributed by atoms with Crippen LogP contribution in [0, 0.1) is 6.92 Å². The maximum atomic E-state index is 8.76. The Morgan fingerprint density at radius 2 is 1.50 bits per heavy atom. The van der Waals surface area contributed by atoms with Crippen LogP contribution in [0.2, 0.25) is 0 Å². The van der Waals surface area contributed by atoms with E-state index in [4.69, 9.17) is 15.2 Å². The molecule has 0 amide bonds. The second kappa shape index (κ2) is 7.21. The molecule has 5 heteroatoms. The van der Waals surface area contributed by atoms with Gasteiger partial charge in [-0.05, 0) is 36.7 Å². The van der Waals surface area contributed by atoms with Crippen LogP contribution >= 0.6 is 15.9 Å². The highest BCUT2D eigenvalue weighted by atomic mass is 79.9. The predicted molar refractivity (Wildman–Crippen MR) is 76.8 cm³/mol. The summed E-state index contributed by atoms with van der Waals surface area (Å²) in [5.74, 6) is 0.299. The maximum Gasteiger partial charge on any atom is 0.488 e. The van der Waals surface area contributed by atoms with Crippen molar-refractivity contribution in [2.24, 2.45) is 0 Å². The largest absolute Gasteiger partial charge is 0.508 e. The van der Waals surface area contributed by atoms with E-state index in [0.29, 0.717) is 11.2 Å². The van der Waals surface area contributed by atoms with Gasteiger partial charge in [0.25, 0.3) is 0 Å². The highest BCUT2D eigenvalue weighted by Gasteiger charge is 2.11. The first kappa shape index (κ1) is 14.8. The van der Waals surface area contributed by atoms with Crippen molar-refractivity contribution >= 4 is 28.5 Å². The maximum absolute atomic E-state index is 8.76. The Morgan fingerprint density at radius 3 is 1.89 bits per heavy atom. The summed E-state index contributed by atoms with van der Waals surface area (Å²) in [6.07, 6.45) is 0. The van der Waals surface area contributed by atoms with E-state index < -0.39 is 7.12 Å². The molecule has 0 atom stereocenters. The minimum Gasteiger partial charge on any atom is -0.508 e. The highest BCUT2D eigenvalue weighted by Crippen LogP contribution is 2.13. The van der Waals surface area contributed by atoms with Crippen molar-refractivity contribution in [3.05, 3.63) is 58.6 Å². The zero-order chi connectivity index (χ0) is 13.5. The molecule has 0 fully saturated rings. The molecule has 0 aliphatic rings. The van der Waals surface area contributed by atoms with Gasteiger partial charge in [-0.1, -0.05) is 45.8 Å². The molecule has 0 aliphatic heterocycles. The van der Waals surface area contributed by atoms with E-state index in [9.17, 15) is 0 Å². The zero-order valence-corrected chi connectivity index (χ0v) is 11.5. The van der Waals surface area contributed by atoms with Crippen LogP contribution in [0.5, 0.6) is 5.75 Å². The van der Waals surface area contributed by atoms with Gasteiger partial charge in [-0.25, -0.2) is 0 Å². The Labute approximate surface area is 115 Å². The van der Waals surface area contributed by atoms with E-state index >= 15 is 0 Å². The summed E-state index contributed by atoms with van der Waals surface area (Å²) in [4.78, 5) is 0. The first-order valence-electron chi connectivity index (χ1n) is 5.37. The van der Waals surface area contributed by atoms with Gasteiger partial charge in [0.15, 0.2) is 0 Å². The van der Waals surface area contributed by atoms with Gasteiger partial charge in [-0.15, -0.1) is 0 Å². The molecule has 0 spiro atoms. The van der Waals surface area contributed by atoms with Gasteiger partial charge in [0.2, 0.25) is 0 Å². The topological polar surface area (TPSA) is 60.7 Å². The SMILES string of the molecule is Cc1ccccc1B(O)O.Oc1ccc(Br)cc1. The molecule has 2 rings (SSSR count). The quantitative estimate of drug-likeness (QED) is 0.704. The van der Waals surface area contributed by atoms with Gasteiger partial charge < -0.3 is 15.2 Å². The summed E-state index contributed by atoms with van der Waals surface area (Å²) in [6, 6.07) is 14.0. The molecule has 0 radical (unpaired) electrons. The molecule has 0 saturated heterocycles. The number of phenols is 1. The smallest absolute Gasteiger partial charge is 0.488 e. The van der Waals surface area contributed by atoms with Crippen molar-refractivity contribution in [2.75, 3.05) is 0 Å². The fourth-order valence-corrected chi connectivity index (χ4v) is 1.58. The van der Waals surface area contributed by atoms with Crippen LogP contribution in [0.15, 0.2) is 53.0 Å². The Hall–Kier alpha value is -1.30. The van der Waals surface area contributed by atoms with Crippen LogP contribution < -0.4 is 5.46 Å². The highest BCUT2D eigenvalue weighted by molar-refractivity contribution is 9.10. The van der Waals surface area contributed by atoms with E-state index in [2.05, 4.69) is 15.9 Å². The number of phenolic OH excluding ortho intramolecular Hbond substituents is 1. The Bertz CT molecular complexity index is 465. The lowest BCUT2D eigenvalue weighted by atomic mass is 9.77. The van der Waals surface area contributed by atoms with E-state index in [1.165, 1.54) is 0 Å². The van der Waals surface area contributed by atoms with Crippen molar-refractivity contribution in [2.45, 2.75) is 6.92 Å². The van der Waals surface area contributed by atoms with Gasteiger partial charge in [0, 0.05) is 4.47 Å². The average molecular weight is 309 g/mol. The van der Waals surface area contributed by atoms with Crippen molar-refractivity contribution in [1.29, 1.82) is 0 Å². The van der Waals surface area contributed by atoms with Crippen LogP contribution in [0.25, 0.3) is 0 Å². The molecule has 94 valence electrons. The summed E-state index contributed by atoms with van der Waals surface area (Å²) in [5.41, 5.74) is 1.47. The first-order chi connectivity index (χ1) is 8.50. The number of halogens is 1. The van der Waals surface area contributed by atoms with Gasteiger partial charge in [0.1, 0.15) is 5.75 Å². The van der Waals surface area contributed by atoms with Crippen LogP contribution in [0.3, 0.4) is 0 Å². The Morgan fingerprint density at radius 1 is 0.944 bits per heavy atom. The zero-order valence-electron chi connectivity index (χ0n) is 9.92. The molecule has 3 nitrogen and oxygen atoms in total. The van der Waals surface area contributed by atoms with Crippen molar-refractivity contribution in [3.63, 3.8) is 0 Å². The molecule has 3 N–H and O–H groups in total. The fourth-order valence-electron chi connectivity index (χ4n) is 1.32. The predicted octanol–water partition coefficient (Wildman–Crippen LogP) is 1.83. The summed E-state index contributed by atoms with van der Waals surface area (Å²) in [7, 11) is -1.35. The van der Waals surface area contributed by atoms with Gasteiger partial charge in [0.05, 0.1) is 0 Å². The lowest BCUT2D eigenvalue weighted by Crippen LogP contribution is -2.31. The number of hydrogen-bond donors (Lipinski definition) is 3. The molecule has 0 bridgehead atoms. The van der Waals surface area contributed by atoms with Crippen LogP contribution in [0.1, 0.15) is 5.56 Å². The van der Waals surface area contributed by atoms with Crippen molar-refractivity contribution < 1.29 is 15.2 Å². The Kier molecular flexibility index (Phi) is 5.91. The lowest BCUT2D eigenvalue weighted by Gasteiger charge is -2.01. The standard InChI is InChI=1S/C7H9BO2.C6H5BrO/c1-6-4-2-3-5-7(6)8(9)10;7-5-1-3-6(8)4-2-5/h2-5,9-10H,1H3;1-4,8H.